The molecule has 0 radical (unpaired) electrons. The first-order valence-corrected chi connectivity index (χ1v) is 5.83. The first kappa shape index (κ1) is 12.5. The summed E-state index contributed by atoms with van der Waals surface area (Å²) in [5.41, 5.74) is 10.7. The third kappa shape index (κ3) is 1.83. The highest BCUT2D eigenvalue weighted by molar-refractivity contribution is 5.70. The molecule has 96 valence electrons. The zero-order chi connectivity index (χ0) is 13.4. The molecule has 0 spiro atoms. The molecule has 18 heavy (non-hydrogen) atoms. The molecule has 0 saturated carbocycles. The summed E-state index contributed by atoms with van der Waals surface area (Å²) < 4.78 is 10.9. The highest BCUT2D eigenvalue weighted by atomic mass is 16.5. The smallest absolute Gasteiger partial charge is 0.292 e. The highest BCUT2D eigenvalue weighted by Gasteiger charge is 2.17. The van der Waals surface area contributed by atoms with Gasteiger partial charge in [0.25, 0.3) is 6.01 Å². The van der Waals surface area contributed by atoms with Gasteiger partial charge in [0.2, 0.25) is 0 Å². The maximum absolute atomic E-state index is 5.60. The molecule has 2 rings (SSSR count). The Balaban J connectivity index is 2.70. The lowest BCUT2D eigenvalue weighted by molar-refractivity contribution is 0.408. The normalized spacial score (nSPS) is 10.7. The standard InChI is InChI=1S/C14H18N2O2/c1-7-6-11(8(2)9(3)12(7)17-5)13-10(4)16-14(15)18-13/h6H,1-5H3,(H2,15,16). The highest BCUT2D eigenvalue weighted by Crippen LogP contribution is 2.36. The Kier molecular flexibility index (Phi) is 3.03. The third-order valence-electron chi connectivity index (χ3n) is 3.29. The van der Waals surface area contributed by atoms with Crippen molar-refractivity contribution in [3.05, 3.63) is 28.5 Å². The van der Waals surface area contributed by atoms with Crippen LogP contribution in [0.2, 0.25) is 0 Å². The van der Waals surface area contributed by atoms with Gasteiger partial charge in [-0.15, -0.1) is 0 Å². The minimum atomic E-state index is 0.202. The Morgan fingerprint density at radius 2 is 1.83 bits per heavy atom. The van der Waals surface area contributed by atoms with Crippen molar-refractivity contribution in [1.29, 1.82) is 0 Å². The van der Waals surface area contributed by atoms with E-state index in [1.807, 2.05) is 33.8 Å². The van der Waals surface area contributed by atoms with Crippen LogP contribution in [0.25, 0.3) is 11.3 Å². The van der Waals surface area contributed by atoms with Gasteiger partial charge in [0, 0.05) is 5.56 Å². The van der Waals surface area contributed by atoms with Crippen LogP contribution in [0.1, 0.15) is 22.4 Å². The van der Waals surface area contributed by atoms with E-state index in [1.165, 1.54) is 0 Å². The van der Waals surface area contributed by atoms with E-state index in [0.29, 0.717) is 0 Å². The number of aromatic nitrogens is 1. The Labute approximate surface area is 107 Å². The molecule has 0 amide bonds. The lowest BCUT2D eigenvalue weighted by atomic mass is 9.96. The second kappa shape index (κ2) is 4.37. The van der Waals surface area contributed by atoms with E-state index in [0.717, 1.165) is 39.5 Å². The number of nitrogens with zero attached hydrogens (tertiary/aromatic N) is 1. The van der Waals surface area contributed by atoms with E-state index >= 15 is 0 Å². The number of nitrogens with two attached hydrogens (primary N) is 1. The van der Waals surface area contributed by atoms with Gasteiger partial charge in [-0.1, -0.05) is 0 Å². The van der Waals surface area contributed by atoms with Gasteiger partial charge >= 0.3 is 0 Å². The fourth-order valence-electron chi connectivity index (χ4n) is 2.28. The summed E-state index contributed by atoms with van der Waals surface area (Å²) >= 11 is 0. The van der Waals surface area contributed by atoms with Crippen molar-refractivity contribution in [3.63, 3.8) is 0 Å². The molecule has 0 aliphatic carbocycles. The number of anilines is 1. The van der Waals surface area contributed by atoms with E-state index < -0.39 is 0 Å². The van der Waals surface area contributed by atoms with E-state index in [2.05, 4.69) is 4.98 Å². The topological polar surface area (TPSA) is 61.3 Å². The molecule has 2 aromatic rings. The van der Waals surface area contributed by atoms with Gasteiger partial charge in [-0.2, -0.15) is 4.98 Å². The average Bonchev–Trinajstić information content (AvgIpc) is 2.64. The van der Waals surface area contributed by atoms with Crippen molar-refractivity contribution in [3.8, 4) is 17.1 Å². The van der Waals surface area contributed by atoms with E-state index in [-0.39, 0.29) is 6.01 Å². The molecule has 1 aromatic heterocycles. The fraction of sp³-hybridized carbons (Fsp3) is 0.357. The number of hydrogen-bond acceptors (Lipinski definition) is 4. The molecule has 0 bridgehead atoms. The summed E-state index contributed by atoms with van der Waals surface area (Å²) in [7, 11) is 1.69. The Morgan fingerprint density at radius 3 is 2.33 bits per heavy atom. The molecule has 0 fully saturated rings. The van der Waals surface area contributed by atoms with E-state index in [9.17, 15) is 0 Å². The van der Waals surface area contributed by atoms with Crippen molar-refractivity contribution >= 4 is 6.01 Å². The molecule has 2 N–H and O–H groups in total. The van der Waals surface area contributed by atoms with E-state index in [4.69, 9.17) is 14.9 Å². The van der Waals surface area contributed by atoms with Crippen LogP contribution in [-0.2, 0) is 0 Å². The predicted molar refractivity (Wildman–Crippen MR) is 71.9 cm³/mol. The molecule has 0 aliphatic heterocycles. The van der Waals surface area contributed by atoms with Gasteiger partial charge in [-0.25, -0.2) is 0 Å². The van der Waals surface area contributed by atoms with Crippen molar-refractivity contribution in [2.45, 2.75) is 27.7 Å². The Bertz CT molecular complexity index is 600. The predicted octanol–water partition coefficient (Wildman–Crippen LogP) is 3.17. The number of aryl methyl sites for hydroxylation is 2. The molecule has 4 heteroatoms. The van der Waals surface area contributed by atoms with Crippen LogP contribution in [0.4, 0.5) is 6.01 Å². The second-order valence-corrected chi connectivity index (χ2v) is 4.49. The van der Waals surface area contributed by atoms with Crippen molar-refractivity contribution < 1.29 is 9.15 Å². The number of benzene rings is 1. The average molecular weight is 246 g/mol. The zero-order valence-corrected chi connectivity index (χ0v) is 11.4. The largest absolute Gasteiger partial charge is 0.496 e. The SMILES string of the molecule is COc1c(C)cc(-c2oc(N)nc2C)c(C)c1C. The number of nitrogen functional groups attached to an aromatic ring is 1. The number of ether oxygens (including phenoxy) is 1. The molecule has 0 atom stereocenters. The summed E-state index contributed by atoms with van der Waals surface area (Å²) in [5.74, 6) is 1.65. The first-order valence-electron chi connectivity index (χ1n) is 5.83. The summed E-state index contributed by atoms with van der Waals surface area (Å²) in [6.07, 6.45) is 0. The minimum Gasteiger partial charge on any atom is -0.496 e. The monoisotopic (exact) mass is 246 g/mol. The number of rotatable bonds is 2. The van der Waals surface area contributed by atoms with Crippen LogP contribution in [0, 0.1) is 27.7 Å². The number of hydrogen-bond donors (Lipinski definition) is 1. The lowest BCUT2D eigenvalue weighted by Gasteiger charge is -2.14. The summed E-state index contributed by atoms with van der Waals surface area (Å²) in [5, 5.41) is 0. The third-order valence-corrected chi connectivity index (χ3v) is 3.29. The summed E-state index contributed by atoms with van der Waals surface area (Å²) in [6.45, 7) is 8.00. The maximum atomic E-state index is 5.60. The van der Waals surface area contributed by atoms with Gasteiger partial charge in [-0.3, -0.25) is 0 Å². The van der Waals surface area contributed by atoms with Crippen molar-refractivity contribution in [2.24, 2.45) is 0 Å². The Morgan fingerprint density at radius 1 is 1.17 bits per heavy atom. The second-order valence-electron chi connectivity index (χ2n) is 4.49. The van der Waals surface area contributed by atoms with Crippen LogP contribution in [0.15, 0.2) is 10.5 Å². The van der Waals surface area contributed by atoms with Crippen molar-refractivity contribution in [1.82, 2.24) is 4.98 Å². The van der Waals surface area contributed by atoms with Crippen molar-refractivity contribution in [2.75, 3.05) is 12.8 Å². The molecular weight excluding hydrogens is 228 g/mol. The molecule has 0 unspecified atom stereocenters. The van der Waals surface area contributed by atoms with Gasteiger partial charge < -0.3 is 14.9 Å². The van der Waals surface area contributed by atoms with Crippen LogP contribution in [0.3, 0.4) is 0 Å². The van der Waals surface area contributed by atoms with E-state index in [1.54, 1.807) is 7.11 Å². The summed E-state index contributed by atoms with van der Waals surface area (Å²) in [6, 6.07) is 2.25. The maximum Gasteiger partial charge on any atom is 0.292 e. The molecule has 1 aromatic carbocycles. The van der Waals surface area contributed by atoms with Gasteiger partial charge in [0.1, 0.15) is 5.75 Å². The molecule has 0 aliphatic rings. The summed E-state index contributed by atoms with van der Waals surface area (Å²) in [4.78, 5) is 4.11. The lowest BCUT2D eigenvalue weighted by Crippen LogP contribution is -1.96. The Hall–Kier alpha value is -1.97. The van der Waals surface area contributed by atoms with Gasteiger partial charge in [0.15, 0.2) is 5.76 Å². The molecule has 4 nitrogen and oxygen atoms in total. The van der Waals surface area contributed by atoms with Crippen LogP contribution in [-0.4, -0.2) is 12.1 Å². The van der Waals surface area contributed by atoms with Crippen LogP contribution < -0.4 is 10.5 Å². The fourth-order valence-corrected chi connectivity index (χ4v) is 2.28. The number of oxazole rings is 1. The number of methoxy groups -OCH3 is 1. The quantitative estimate of drug-likeness (QED) is 0.884. The van der Waals surface area contributed by atoms with Gasteiger partial charge in [0.05, 0.1) is 12.8 Å². The van der Waals surface area contributed by atoms with Crippen LogP contribution >= 0.6 is 0 Å². The minimum absolute atomic E-state index is 0.202. The van der Waals surface area contributed by atoms with Crippen LogP contribution in [0.5, 0.6) is 5.75 Å². The zero-order valence-electron chi connectivity index (χ0n) is 11.4. The molecular formula is C14H18N2O2. The van der Waals surface area contributed by atoms with Gasteiger partial charge in [-0.05, 0) is 50.5 Å². The first-order chi connectivity index (χ1) is 8.45. The molecule has 1 heterocycles. The molecule has 0 saturated heterocycles.